The lowest BCUT2D eigenvalue weighted by Crippen LogP contribution is -2.54. The molecule has 0 aliphatic carbocycles. The highest BCUT2D eigenvalue weighted by Crippen LogP contribution is 2.08. The van der Waals surface area contributed by atoms with Crippen LogP contribution in [-0.4, -0.2) is 67.9 Å². The van der Waals surface area contributed by atoms with Crippen molar-refractivity contribution in [3.8, 4) is 0 Å². The molecule has 0 spiro atoms. The second-order valence-corrected chi connectivity index (χ2v) is 7.18. The molecular weight excluding hydrogens is 310 g/mol. The molecule has 2 heterocycles. The topological polar surface area (TPSA) is 99.9 Å². The number of nitrogens with one attached hydrogen (secondary N) is 1. The molecule has 1 aromatic heterocycles. The maximum absolute atomic E-state index is 12.3. The Morgan fingerprint density at radius 2 is 1.91 bits per heavy atom. The van der Waals surface area contributed by atoms with Crippen LogP contribution in [-0.2, 0) is 14.8 Å². The van der Waals surface area contributed by atoms with Crippen LogP contribution in [0.3, 0.4) is 0 Å². The van der Waals surface area contributed by atoms with E-state index in [1.165, 1.54) is 22.9 Å². The monoisotopic (exact) mass is 329 g/mol. The fourth-order valence-electron chi connectivity index (χ4n) is 2.25. The Balaban J connectivity index is 1.88. The first kappa shape index (κ1) is 16.5. The minimum Gasteiger partial charge on any atom is -0.472 e. The van der Waals surface area contributed by atoms with Crippen molar-refractivity contribution in [3.05, 3.63) is 24.2 Å². The predicted octanol–water partition coefficient (Wildman–Crippen LogP) is -0.498. The molecular formula is C13H19N3O5S. The molecule has 1 aromatic rings. The van der Waals surface area contributed by atoms with Gasteiger partial charge in [0.1, 0.15) is 12.3 Å². The summed E-state index contributed by atoms with van der Waals surface area (Å²) >= 11 is 0. The van der Waals surface area contributed by atoms with Crippen LogP contribution in [0, 0.1) is 0 Å². The van der Waals surface area contributed by atoms with E-state index in [1.807, 2.05) is 0 Å². The van der Waals surface area contributed by atoms with Gasteiger partial charge in [-0.2, -0.15) is 4.31 Å². The van der Waals surface area contributed by atoms with Gasteiger partial charge in [-0.1, -0.05) is 0 Å². The van der Waals surface area contributed by atoms with Gasteiger partial charge in [-0.15, -0.1) is 0 Å². The van der Waals surface area contributed by atoms with E-state index in [0.29, 0.717) is 18.7 Å². The van der Waals surface area contributed by atoms with Gasteiger partial charge in [-0.05, 0) is 13.0 Å². The molecule has 1 unspecified atom stereocenters. The number of amides is 2. The first-order valence-electron chi connectivity index (χ1n) is 6.86. The van der Waals surface area contributed by atoms with Crippen LogP contribution in [0.25, 0.3) is 0 Å². The summed E-state index contributed by atoms with van der Waals surface area (Å²) < 4.78 is 29.0. The normalized spacial score (nSPS) is 18.0. The Labute approximate surface area is 129 Å². The summed E-state index contributed by atoms with van der Waals surface area (Å²) in [6.07, 6.45) is 3.83. The van der Waals surface area contributed by atoms with Crippen molar-refractivity contribution in [2.45, 2.75) is 13.0 Å². The first-order valence-corrected chi connectivity index (χ1v) is 8.71. The molecule has 0 aromatic carbocycles. The summed E-state index contributed by atoms with van der Waals surface area (Å²) in [4.78, 5) is 25.7. The molecule has 122 valence electrons. The zero-order chi connectivity index (χ0) is 16.3. The van der Waals surface area contributed by atoms with Crippen LogP contribution in [0.2, 0.25) is 0 Å². The van der Waals surface area contributed by atoms with Gasteiger partial charge in [-0.25, -0.2) is 8.42 Å². The molecule has 2 amide bonds. The lowest BCUT2D eigenvalue weighted by atomic mass is 10.2. The number of piperazine rings is 1. The molecule has 22 heavy (non-hydrogen) atoms. The van der Waals surface area contributed by atoms with Crippen molar-refractivity contribution < 1.29 is 22.4 Å². The average Bonchev–Trinajstić information content (AvgIpc) is 3.00. The molecule has 9 heteroatoms. The van der Waals surface area contributed by atoms with Crippen molar-refractivity contribution >= 4 is 21.8 Å². The van der Waals surface area contributed by atoms with Crippen LogP contribution in [0.4, 0.5) is 0 Å². The number of carbonyl (C=O) groups excluding carboxylic acids is 2. The van der Waals surface area contributed by atoms with Gasteiger partial charge in [0.2, 0.25) is 15.9 Å². The summed E-state index contributed by atoms with van der Waals surface area (Å²) in [5.74, 6) is -0.616. The molecule has 1 aliphatic rings. The summed E-state index contributed by atoms with van der Waals surface area (Å²) in [5, 5.41) is 2.60. The lowest BCUT2D eigenvalue weighted by molar-refractivity contribution is -0.134. The van der Waals surface area contributed by atoms with Crippen LogP contribution >= 0.6 is 0 Å². The Kier molecular flexibility index (Phi) is 4.87. The van der Waals surface area contributed by atoms with Gasteiger partial charge in [0.25, 0.3) is 5.91 Å². The van der Waals surface area contributed by atoms with Gasteiger partial charge in [0.15, 0.2) is 0 Å². The van der Waals surface area contributed by atoms with Crippen molar-refractivity contribution in [2.24, 2.45) is 0 Å². The van der Waals surface area contributed by atoms with E-state index in [2.05, 4.69) is 5.32 Å². The molecule has 1 atom stereocenters. The first-order chi connectivity index (χ1) is 10.3. The highest BCUT2D eigenvalue weighted by molar-refractivity contribution is 7.88. The second-order valence-electron chi connectivity index (χ2n) is 5.19. The predicted molar refractivity (Wildman–Crippen MR) is 78.6 cm³/mol. The van der Waals surface area contributed by atoms with Gasteiger partial charge in [-0.3, -0.25) is 9.59 Å². The van der Waals surface area contributed by atoms with E-state index < -0.39 is 16.1 Å². The van der Waals surface area contributed by atoms with Gasteiger partial charge in [0.05, 0.1) is 18.1 Å². The molecule has 8 nitrogen and oxygen atoms in total. The standard InChI is InChI=1S/C13H19N3O5S/c1-10(14-12(17)11-3-8-21-9-11)13(18)15-4-6-16(7-5-15)22(2,19)20/h3,8-10H,4-7H2,1-2H3,(H,14,17). The van der Waals surface area contributed by atoms with E-state index in [9.17, 15) is 18.0 Å². The van der Waals surface area contributed by atoms with Crippen molar-refractivity contribution in [3.63, 3.8) is 0 Å². The molecule has 0 bridgehead atoms. The van der Waals surface area contributed by atoms with Crippen molar-refractivity contribution in [1.29, 1.82) is 0 Å². The van der Waals surface area contributed by atoms with Gasteiger partial charge in [0, 0.05) is 26.2 Å². The second kappa shape index (κ2) is 6.49. The quantitative estimate of drug-likeness (QED) is 0.803. The highest BCUT2D eigenvalue weighted by Gasteiger charge is 2.29. The van der Waals surface area contributed by atoms with Crippen molar-refractivity contribution in [2.75, 3.05) is 32.4 Å². The minimum atomic E-state index is -3.23. The molecule has 1 aliphatic heterocycles. The van der Waals surface area contributed by atoms with Crippen molar-refractivity contribution in [1.82, 2.24) is 14.5 Å². The van der Waals surface area contributed by atoms with Gasteiger partial charge >= 0.3 is 0 Å². The zero-order valence-corrected chi connectivity index (χ0v) is 13.3. The van der Waals surface area contributed by atoms with E-state index >= 15 is 0 Å². The van der Waals surface area contributed by atoms with E-state index in [1.54, 1.807) is 11.8 Å². The molecule has 2 rings (SSSR count). The largest absolute Gasteiger partial charge is 0.472 e. The van der Waals surface area contributed by atoms with Crippen LogP contribution in [0.1, 0.15) is 17.3 Å². The Morgan fingerprint density at radius 1 is 1.27 bits per heavy atom. The molecule has 1 N–H and O–H groups in total. The maximum atomic E-state index is 12.3. The molecule has 0 radical (unpaired) electrons. The summed E-state index contributed by atoms with van der Waals surface area (Å²) in [6, 6.07) is 0.824. The lowest BCUT2D eigenvalue weighted by Gasteiger charge is -2.34. The van der Waals surface area contributed by atoms with E-state index in [0.717, 1.165) is 6.26 Å². The summed E-state index contributed by atoms with van der Waals surface area (Å²) in [5.41, 5.74) is 0.349. The van der Waals surface area contributed by atoms with E-state index in [-0.39, 0.29) is 24.9 Å². The fourth-order valence-corrected chi connectivity index (χ4v) is 3.08. The van der Waals surface area contributed by atoms with E-state index in [4.69, 9.17) is 4.42 Å². The highest BCUT2D eigenvalue weighted by atomic mass is 32.2. The number of carbonyl (C=O) groups is 2. The third-order valence-electron chi connectivity index (χ3n) is 3.52. The SMILES string of the molecule is CC(NC(=O)c1ccoc1)C(=O)N1CCN(S(C)(=O)=O)CC1. The molecule has 1 saturated heterocycles. The van der Waals surface area contributed by atoms with Crippen LogP contribution in [0.5, 0.6) is 0 Å². The number of hydrogen-bond acceptors (Lipinski definition) is 5. The number of rotatable bonds is 4. The Hall–Kier alpha value is -1.87. The molecule has 1 fully saturated rings. The Bertz CT molecular complexity index is 633. The summed E-state index contributed by atoms with van der Waals surface area (Å²) in [7, 11) is -3.23. The fraction of sp³-hybridized carbons (Fsp3) is 0.538. The smallest absolute Gasteiger partial charge is 0.255 e. The average molecular weight is 329 g/mol. The number of sulfonamides is 1. The number of furan rings is 1. The number of nitrogens with zero attached hydrogens (tertiary/aromatic N) is 2. The van der Waals surface area contributed by atoms with Crippen LogP contribution < -0.4 is 5.32 Å². The van der Waals surface area contributed by atoms with Gasteiger partial charge < -0.3 is 14.6 Å². The third-order valence-corrected chi connectivity index (χ3v) is 4.82. The molecule has 0 saturated carbocycles. The number of hydrogen-bond donors (Lipinski definition) is 1. The third kappa shape index (κ3) is 3.86. The van der Waals surface area contributed by atoms with Crippen LogP contribution in [0.15, 0.2) is 23.0 Å². The zero-order valence-electron chi connectivity index (χ0n) is 12.5. The minimum absolute atomic E-state index is 0.231. The maximum Gasteiger partial charge on any atom is 0.255 e. The summed E-state index contributed by atoms with van der Waals surface area (Å²) in [6.45, 7) is 2.78. The Morgan fingerprint density at radius 3 is 2.41 bits per heavy atom.